The summed E-state index contributed by atoms with van der Waals surface area (Å²) in [6, 6.07) is 5.22. The lowest BCUT2D eigenvalue weighted by Crippen LogP contribution is -2.30. The summed E-state index contributed by atoms with van der Waals surface area (Å²) in [6.45, 7) is 4.38. The van der Waals surface area contributed by atoms with Crippen LogP contribution in [0.2, 0.25) is 0 Å². The molecular weight excluding hydrogens is 216 g/mol. The number of fused-ring (bicyclic) bond motifs is 1. The van der Waals surface area contributed by atoms with Gasteiger partial charge in [-0.15, -0.1) is 0 Å². The molecule has 1 atom stereocenters. The molecule has 0 saturated carbocycles. The van der Waals surface area contributed by atoms with Gasteiger partial charge in [-0.2, -0.15) is 0 Å². The number of carbonyl (C=O) groups excluding carboxylic acids is 1. The fraction of sp³-hybridized carbons (Fsp3) is 0.333. The van der Waals surface area contributed by atoms with Crippen LogP contribution in [0.4, 0.5) is 5.69 Å². The number of likely N-dealkylation sites (N-methyl/N-ethyl adjacent to an activating group) is 1. The van der Waals surface area contributed by atoms with Gasteiger partial charge in [-0.05, 0) is 32.0 Å². The summed E-state index contributed by atoms with van der Waals surface area (Å²) in [5.74, 6) is -0.0105. The summed E-state index contributed by atoms with van der Waals surface area (Å²) in [5, 5.41) is 2.80. The highest BCUT2D eigenvalue weighted by Gasteiger charge is 2.16. The minimum Gasteiger partial charge on any atom is -0.399 e. The van der Waals surface area contributed by atoms with E-state index in [4.69, 9.17) is 5.73 Å². The van der Waals surface area contributed by atoms with Crippen LogP contribution < -0.4 is 11.1 Å². The Hall–Kier alpha value is -2.04. The summed E-state index contributed by atoms with van der Waals surface area (Å²) in [6.07, 6.45) is 1.67. The second-order valence-corrected chi connectivity index (χ2v) is 3.97. The van der Waals surface area contributed by atoms with Gasteiger partial charge in [-0.3, -0.25) is 4.79 Å². The molecular formula is C12H16N4O. The molecule has 0 fully saturated rings. The monoisotopic (exact) mass is 232 g/mol. The van der Waals surface area contributed by atoms with Crippen LogP contribution in [-0.2, 0) is 4.79 Å². The fourth-order valence-corrected chi connectivity index (χ4v) is 1.81. The normalized spacial score (nSPS) is 12.6. The highest BCUT2D eigenvalue weighted by atomic mass is 16.2. The maximum Gasteiger partial charge on any atom is 0.242 e. The van der Waals surface area contributed by atoms with Crippen LogP contribution in [0, 0.1) is 0 Å². The molecule has 17 heavy (non-hydrogen) atoms. The highest BCUT2D eigenvalue weighted by Crippen LogP contribution is 2.19. The van der Waals surface area contributed by atoms with E-state index in [0.717, 1.165) is 11.0 Å². The van der Waals surface area contributed by atoms with Crippen LogP contribution in [0.1, 0.15) is 19.9 Å². The van der Waals surface area contributed by atoms with Crippen molar-refractivity contribution in [1.82, 2.24) is 14.9 Å². The van der Waals surface area contributed by atoms with Crippen molar-refractivity contribution < 1.29 is 4.79 Å². The van der Waals surface area contributed by atoms with Crippen LogP contribution in [-0.4, -0.2) is 22.0 Å². The number of imidazole rings is 1. The van der Waals surface area contributed by atoms with Crippen molar-refractivity contribution in [2.45, 2.75) is 19.9 Å². The lowest BCUT2D eigenvalue weighted by Gasteiger charge is -2.13. The summed E-state index contributed by atoms with van der Waals surface area (Å²) in [7, 11) is 0. The lowest BCUT2D eigenvalue weighted by molar-refractivity contribution is -0.123. The second kappa shape index (κ2) is 4.45. The van der Waals surface area contributed by atoms with Crippen molar-refractivity contribution in [1.29, 1.82) is 0 Å². The molecule has 1 unspecified atom stereocenters. The van der Waals surface area contributed by atoms with E-state index in [-0.39, 0.29) is 11.9 Å². The van der Waals surface area contributed by atoms with Gasteiger partial charge in [-0.1, -0.05) is 0 Å². The first-order valence-electron chi connectivity index (χ1n) is 5.63. The van der Waals surface area contributed by atoms with Gasteiger partial charge in [0.1, 0.15) is 6.04 Å². The molecule has 0 saturated heterocycles. The van der Waals surface area contributed by atoms with Crippen LogP contribution >= 0.6 is 0 Å². The Balaban J connectivity index is 2.39. The van der Waals surface area contributed by atoms with Crippen molar-refractivity contribution in [3.05, 3.63) is 24.5 Å². The molecule has 1 heterocycles. The third kappa shape index (κ3) is 2.08. The second-order valence-electron chi connectivity index (χ2n) is 3.97. The summed E-state index contributed by atoms with van der Waals surface area (Å²) < 4.78 is 1.85. The van der Waals surface area contributed by atoms with Gasteiger partial charge in [0.05, 0.1) is 17.4 Å². The van der Waals surface area contributed by atoms with E-state index in [9.17, 15) is 4.79 Å². The van der Waals surface area contributed by atoms with E-state index in [2.05, 4.69) is 10.3 Å². The van der Waals surface area contributed by atoms with Crippen molar-refractivity contribution in [2.75, 3.05) is 12.3 Å². The summed E-state index contributed by atoms with van der Waals surface area (Å²) in [5.41, 5.74) is 8.08. The zero-order valence-electron chi connectivity index (χ0n) is 9.97. The molecule has 5 heteroatoms. The predicted octanol–water partition coefficient (Wildman–Crippen LogP) is 1.32. The largest absolute Gasteiger partial charge is 0.399 e. The van der Waals surface area contributed by atoms with Crippen LogP contribution in [0.15, 0.2) is 24.5 Å². The molecule has 0 spiro atoms. The topological polar surface area (TPSA) is 72.9 Å². The van der Waals surface area contributed by atoms with Gasteiger partial charge < -0.3 is 15.6 Å². The van der Waals surface area contributed by atoms with E-state index in [1.54, 1.807) is 12.4 Å². The molecule has 0 aliphatic rings. The molecule has 1 aromatic carbocycles. The summed E-state index contributed by atoms with van der Waals surface area (Å²) >= 11 is 0. The Kier molecular flexibility index (Phi) is 2.99. The van der Waals surface area contributed by atoms with E-state index in [1.165, 1.54) is 0 Å². The molecule has 2 aromatic rings. The van der Waals surface area contributed by atoms with Gasteiger partial charge in [0, 0.05) is 12.2 Å². The zero-order chi connectivity index (χ0) is 12.4. The average Bonchev–Trinajstić information content (AvgIpc) is 2.71. The first kappa shape index (κ1) is 11.4. The van der Waals surface area contributed by atoms with E-state index >= 15 is 0 Å². The van der Waals surface area contributed by atoms with Crippen molar-refractivity contribution >= 4 is 22.6 Å². The number of anilines is 1. The van der Waals surface area contributed by atoms with Crippen LogP contribution in [0.5, 0.6) is 0 Å². The summed E-state index contributed by atoms with van der Waals surface area (Å²) in [4.78, 5) is 16.0. The van der Waals surface area contributed by atoms with Gasteiger partial charge in [0.15, 0.2) is 0 Å². The Bertz CT molecular complexity index is 546. The Morgan fingerprint density at radius 2 is 2.35 bits per heavy atom. The number of hydrogen-bond donors (Lipinski definition) is 2. The quantitative estimate of drug-likeness (QED) is 0.784. The number of rotatable bonds is 3. The Morgan fingerprint density at radius 1 is 1.59 bits per heavy atom. The number of carbonyl (C=O) groups is 1. The SMILES string of the molecule is CCNC(=O)C(C)n1cnc2cc(N)ccc21. The number of aromatic nitrogens is 2. The lowest BCUT2D eigenvalue weighted by atomic mass is 10.2. The van der Waals surface area contributed by atoms with E-state index in [1.807, 2.05) is 30.5 Å². The highest BCUT2D eigenvalue weighted by molar-refractivity contribution is 5.84. The number of benzene rings is 1. The average molecular weight is 232 g/mol. The Labute approximate surface area is 99.6 Å². The molecule has 0 aliphatic heterocycles. The number of nitrogens with zero attached hydrogens (tertiary/aromatic N) is 2. The minimum atomic E-state index is -0.274. The van der Waals surface area contributed by atoms with E-state index in [0.29, 0.717) is 12.2 Å². The van der Waals surface area contributed by atoms with Crippen molar-refractivity contribution in [3.63, 3.8) is 0 Å². The van der Waals surface area contributed by atoms with Crippen LogP contribution in [0.25, 0.3) is 11.0 Å². The van der Waals surface area contributed by atoms with E-state index < -0.39 is 0 Å². The maximum absolute atomic E-state index is 11.8. The third-order valence-electron chi connectivity index (χ3n) is 2.75. The fourth-order valence-electron chi connectivity index (χ4n) is 1.81. The number of nitrogens with two attached hydrogens (primary N) is 1. The number of nitrogen functional groups attached to an aromatic ring is 1. The maximum atomic E-state index is 11.8. The van der Waals surface area contributed by atoms with Crippen molar-refractivity contribution in [3.8, 4) is 0 Å². The van der Waals surface area contributed by atoms with Gasteiger partial charge >= 0.3 is 0 Å². The zero-order valence-corrected chi connectivity index (χ0v) is 9.97. The first-order valence-corrected chi connectivity index (χ1v) is 5.63. The standard InChI is InChI=1S/C12H16N4O/c1-3-14-12(17)8(2)16-7-15-10-6-9(13)4-5-11(10)16/h4-8H,3,13H2,1-2H3,(H,14,17). The molecule has 0 aliphatic carbocycles. The van der Waals surface area contributed by atoms with Gasteiger partial charge in [-0.25, -0.2) is 4.98 Å². The molecule has 1 amide bonds. The minimum absolute atomic E-state index is 0.0105. The van der Waals surface area contributed by atoms with Crippen LogP contribution in [0.3, 0.4) is 0 Å². The molecule has 5 nitrogen and oxygen atoms in total. The van der Waals surface area contributed by atoms with Gasteiger partial charge in [0.2, 0.25) is 5.91 Å². The molecule has 1 aromatic heterocycles. The molecule has 3 N–H and O–H groups in total. The number of hydrogen-bond acceptors (Lipinski definition) is 3. The molecule has 2 rings (SSSR count). The number of nitrogens with one attached hydrogen (secondary N) is 1. The molecule has 0 bridgehead atoms. The first-order chi connectivity index (χ1) is 8.13. The molecule has 0 radical (unpaired) electrons. The third-order valence-corrected chi connectivity index (χ3v) is 2.75. The van der Waals surface area contributed by atoms with Crippen molar-refractivity contribution in [2.24, 2.45) is 0 Å². The Morgan fingerprint density at radius 3 is 3.06 bits per heavy atom. The van der Waals surface area contributed by atoms with Gasteiger partial charge in [0.25, 0.3) is 0 Å². The smallest absolute Gasteiger partial charge is 0.242 e. The predicted molar refractivity (Wildman–Crippen MR) is 67.5 cm³/mol. The number of amides is 1. The molecule has 90 valence electrons.